The van der Waals surface area contributed by atoms with Gasteiger partial charge in [0.25, 0.3) is 0 Å². The van der Waals surface area contributed by atoms with Crippen LogP contribution in [0.4, 0.5) is 5.69 Å². The molecule has 0 saturated heterocycles. The lowest BCUT2D eigenvalue weighted by Crippen LogP contribution is -2.10. The monoisotopic (exact) mass is 273 g/mol. The SMILES string of the molecule is CCn1cc(NC(=O)CCCCBr)cn1. The molecule has 1 amide bonds. The number of aryl methyl sites for hydroxylation is 1. The number of amides is 1. The fourth-order valence-corrected chi connectivity index (χ4v) is 1.60. The Morgan fingerprint density at radius 3 is 3.00 bits per heavy atom. The first-order valence-electron chi connectivity index (χ1n) is 5.14. The van der Waals surface area contributed by atoms with Gasteiger partial charge < -0.3 is 5.32 Å². The third-order valence-corrected chi connectivity index (χ3v) is 2.59. The third kappa shape index (κ3) is 4.46. The van der Waals surface area contributed by atoms with Crippen molar-refractivity contribution in [1.29, 1.82) is 0 Å². The van der Waals surface area contributed by atoms with Gasteiger partial charge in [0, 0.05) is 24.5 Å². The van der Waals surface area contributed by atoms with Gasteiger partial charge in [-0.3, -0.25) is 9.48 Å². The standard InChI is InChI=1S/C10H16BrN3O/c1-2-14-8-9(7-12-14)13-10(15)5-3-4-6-11/h7-8H,2-6H2,1H3,(H,13,15). The van der Waals surface area contributed by atoms with Gasteiger partial charge in [0.2, 0.25) is 5.91 Å². The van der Waals surface area contributed by atoms with E-state index in [4.69, 9.17) is 0 Å². The lowest BCUT2D eigenvalue weighted by atomic mass is 10.2. The number of hydrogen-bond donors (Lipinski definition) is 1. The van der Waals surface area contributed by atoms with E-state index in [1.54, 1.807) is 10.9 Å². The molecule has 1 rings (SSSR count). The second-order valence-electron chi connectivity index (χ2n) is 3.28. The minimum atomic E-state index is 0.0617. The summed E-state index contributed by atoms with van der Waals surface area (Å²) in [6.45, 7) is 2.83. The largest absolute Gasteiger partial charge is 0.323 e. The number of anilines is 1. The quantitative estimate of drug-likeness (QED) is 0.639. The third-order valence-electron chi connectivity index (χ3n) is 2.03. The highest BCUT2D eigenvalue weighted by molar-refractivity contribution is 9.09. The average molecular weight is 274 g/mol. The number of nitrogens with one attached hydrogen (secondary N) is 1. The fourth-order valence-electron chi connectivity index (χ4n) is 1.20. The van der Waals surface area contributed by atoms with E-state index in [2.05, 4.69) is 26.3 Å². The summed E-state index contributed by atoms with van der Waals surface area (Å²) in [5.74, 6) is 0.0617. The van der Waals surface area contributed by atoms with Gasteiger partial charge in [-0.25, -0.2) is 0 Å². The summed E-state index contributed by atoms with van der Waals surface area (Å²) in [7, 11) is 0. The molecule has 1 aromatic heterocycles. The summed E-state index contributed by atoms with van der Waals surface area (Å²) < 4.78 is 1.79. The van der Waals surface area contributed by atoms with Crippen LogP contribution in [0.15, 0.2) is 12.4 Å². The molecule has 84 valence electrons. The lowest BCUT2D eigenvalue weighted by molar-refractivity contribution is -0.116. The highest BCUT2D eigenvalue weighted by Gasteiger charge is 2.03. The van der Waals surface area contributed by atoms with Crippen LogP contribution in [-0.2, 0) is 11.3 Å². The molecular weight excluding hydrogens is 258 g/mol. The summed E-state index contributed by atoms with van der Waals surface area (Å²) >= 11 is 3.33. The molecule has 0 aromatic carbocycles. The molecule has 0 aliphatic heterocycles. The van der Waals surface area contributed by atoms with E-state index in [1.165, 1.54) is 0 Å². The van der Waals surface area contributed by atoms with E-state index in [-0.39, 0.29) is 5.91 Å². The molecule has 0 spiro atoms. The summed E-state index contributed by atoms with van der Waals surface area (Å²) in [6, 6.07) is 0. The summed E-state index contributed by atoms with van der Waals surface area (Å²) in [4.78, 5) is 11.4. The topological polar surface area (TPSA) is 46.9 Å². The van der Waals surface area contributed by atoms with Crippen molar-refractivity contribution in [1.82, 2.24) is 9.78 Å². The summed E-state index contributed by atoms with van der Waals surface area (Å²) in [6.07, 6.45) is 6.03. The van der Waals surface area contributed by atoms with Gasteiger partial charge in [0.15, 0.2) is 0 Å². The second-order valence-corrected chi connectivity index (χ2v) is 4.07. The first kappa shape index (κ1) is 12.2. The lowest BCUT2D eigenvalue weighted by Gasteiger charge is -2.00. The molecular formula is C10H16BrN3O. The molecule has 0 bridgehead atoms. The van der Waals surface area contributed by atoms with Crippen LogP contribution in [-0.4, -0.2) is 21.0 Å². The minimum Gasteiger partial charge on any atom is -0.323 e. The number of alkyl halides is 1. The first-order chi connectivity index (χ1) is 7.26. The molecule has 0 radical (unpaired) electrons. The van der Waals surface area contributed by atoms with Crippen LogP contribution in [0.3, 0.4) is 0 Å². The molecule has 4 nitrogen and oxygen atoms in total. The van der Waals surface area contributed by atoms with E-state index >= 15 is 0 Å². The number of rotatable bonds is 6. The zero-order chi connectivity index (χ0) is 11.1. The van der Waals surface area contributed by atoms with Gasteiger partial charge in [0.05, 0.1) is 11.9 Å². The Kier molecular flexibility index (Phi) is 5.39. The van der Waals surface area contributed by atoms with E-state index in [1.807, 2.05) is 13.1 Å². The molecule has 0 atom stereocenters. The van der Waals surface area contributed by atoms with Crippen LogP contribution in [0.2, 0.25) is 0 Å². The van der Waals surface area contributed by atoms with E-state index in [0.717, 1.165) is 30.4 Å². The predicted molar refractivity (Wildman–Crippen MR) is 64.2 cm³/mol. The van der Waals surface area contributed by atoms with Crippen molar-refractivity contribution >= 4 is 27.5 Å². The van der Waals surface area contributed by atoms with Crippen LogP contribution in [0.5, 0.6) is 0 Å². The number of halogens is 1. The Hall–Kier alpha value is -0.840. The Balaban J connectivity index is 2.31. The zero-order valence-electron chi connectivity index (χ0n) is 8.87. The maximum absolute atomic E-state index is 11.4. The van der Waals surface area contributed by atoms with Gasteiger partial charge in [-0.1, -0.05) is 15.9 Å². The van der Waals surface area contributed by atoms with Crippen LogP contribution >= 0.6 is 15.9 Å². The van der Waals surface area contributed by atoms with Crippen molar-refractivity contribution in [3.05, 3.63) is 12.4 Å². The molecule has 1 aromatic rings. The number of aromatic nitrogens is 2. The molecule has 1 heterocycles. The number of unbranched alkanes of at least 4 members (excludes halogenated alkanes) is 1. The molecule has 5 heteroatoms. The second kappa shape index (κ2) is 6.61. The van der Waals surface area contributed by atoms with Crippen molar-refractivity contribution in [2.75, 3.05) is 10.6 Å². The van der Waals surface area contributed by atoms with Crippen LogP contribution in [0.1, 0.15) is 26.2 Å². The normalized spacial score (nSPS) is 10.3. The van der Waals surface area contributed by atoms with E-state index < -0.39 is 0 Å². The van der Waals surface area contributed by atoms with Crippen molar-refractivity contribution < 1.29 is 4.79 Å². The molecule has 1 N–H and O–H groups in total. The van der Waals surface area contributed by atoms with Crippen molar-refractivity contribution in [3.63, 3.8) is 0 Å². The number of nitrogens with zero attached hydrogens (tertiary/aromatic N) is 2. The number of carbonyl (C=O) groups excluding carboxylic acids is 1. The van der Waals surface area contributed by atoms with E-state index in [9.17, 15) is 4.79 Å². The Bertz CT molecular complexity index is 311. The average Bonchev–Trinajstić information content (AvgIpc) is 2.66. The Labute approximate surface area is 98.2 Å². The molecule has 0 aliphatic carbocycles. The van der Waals surface area contributed by atoms with Crippen molar-refractivity contribution in [2.45, 2.75) is 32.7 Å². The summed E-state index contributed by atoms with van der Waals surface area (Å²) in [5.41, 5.74) is 0.778. The van der Waals surface area contributed by atoms with E-state index in [0.29, 0.717) is 6.42 Å². The van der Waals surface area contributed by atoms with Crippen molar-refractivity contribution in [2.24, 2.45) is 0 Å². The van der Waals surface area contributed by atoms with Gasteiger partial charge in [-0.2, -0.15) is 5.10 Å². The maximum atomic E-state index is 11.4. The number of carbonyl (C=O) groups is 1. The van der Waals surface area contributed by atoms with Crippen molar-refractivity contribution in [3.8, 4) is 0 Å². The molecule has 0 unspecified atom stereocenters. The smallest absolute Gasteiger partial charge is 0.224 e. The highest BCUT2D eigenvalue weighted by atomic mass is 79.9. The van der Waals surface area contributed by atoms with Gasteiger partial charge in [-0.15, -0.1) is 0 Å². The predicted octanol–water partition coefficient (Wildman–Crippen LogP) is 2.41. The van der Waals surface area contributed by atoms with Gasteiger partial charge in [-0.05, 0) is 19.8 Å². The van der Waals surface area contributed by atoms with Crippen LogP contribution in [0, 0.1) is 0 Å². The Morgan fingerprint density at radius 2 is 2.40 bits per heavy atom. The fraction of sp³-hybridized carbons (Fsp3) is 0.600. The molecule has 0 aliphatic rings. The molecule has 0 saturated carbocycles. The van der Waals surface area contributed by atoms with Gasteiger partial charge >= 0.3 is 0 Å². The maximum Gasteiger partial charge on any atom is 0.224 e. The molecule has 0 fully saturated rings. The summed E-state index contributed by atoms with van der Waals surface area (Å²) in [5, 5.41) is 7.85. The molecule has 15 heavy (non-hydrogen) atoms. The number of hydrogen-bond acceptors (Lipinski definition) is 2. The van der Waals surface area contributed by atoms with Crippen LogP contribution < -0.4 is 5.32 Å². The van der Waals surface area contributed by atoms with Crippen LogP contribution in [0.25, 0.3) is 0 Å². The highest BCUT2D eigenvalue weighted by Crippen LogP contribution is 2.06. The zero-order valence-corrected chi connectivity index (χ0v) is 10.5. The minimum absolute atomic E-state index is 0.0617. The van der Waals surface area contributed by atoms with Gasteiger partial charge in [0.1, 0.15) is 0 Å². The first-order valence-corrected chi connectivity index (χ1v) is 6.26. The Morgan fingerprint density at radius 1 is 1.60 bits per heavy atom.